The van der Waals surface area contributed by atoms with Crippen molar-refractivity contribution in [2.45, 2.75) is 26.2 Å². The highest BCUT2D eigenvalue weighted by atomic mass is 35.5. The van der Waals surface area contributed by atoms with Gasteiger partial charge in [-0.2, -0.15) is 0 Å². The maximum Gasteiger partial charge on any atom is 0.338 e. The van der Waals surface area contributed by atoms with E-state index in [9.17, 15) is 9.59 Å². The van der Waals surface area contributed by atoms with Gasteiger partial charge in [-0.25, -0.2) is 4.79 Å². The first-order valence-electron chi connectivity index (χ1n) is 16.0. The van der Waals surface area contributed by atoms with E-state index in [1.165, 1.54) is 24.4 Å². The third kappa shape index (κ3) is 6.82. The zero-order valence-corrected chi connectivity index (χ0v) is 20.1. The summed E-state index contributed by atoms with van der Waals surface area (Å²) in [6.45, 7) is -11.4. The average molecular weight is 539 g/mol. The monoisotopic (exact) mass is 537 g/mol. The van der Waals surface area contributed by atoms with Gasteiger partial charge >= 0.3 is 5.97 Å². The van der Waals surface area contributed by atoms with Gasteiger partial charge in [0.05, 0.1) is 15.6 Å². The number of esters is 1. The number of nitrogens with zero attached hydrogens (tertiary/aromatic N) is 1. The van der Waals surface area contributed by atoms with Crippen molar-refractivity contribution in [3.8, 4) is 0 Å². The standard InChI is InChI=1S/C28H27N3O3.2ClH/c1-18-3-10-25(19(2)13-18)28(33)34-17-20-4-6-21(7-5-20)26(15-29)27(32)31-24-9-8-23-16-30-12-11-22(23)14-24;;/h3-14,16,26H,15,17,29H2,1-2H3,(H,31,32);2*1H/t26-;;/m1../s1/i1D3,2D3,15D2,16D,17D2,26D;;. The number of aromatic nitrogens is 1. The molecule has 1 atom stereocenters. The number of hydrogen-bond acceptors (Lipinski definition) is 5. The number of ether oxygens (including phenoxy) is 1. The van der Waals surface area contributed by atoms with Gasteiger partial charge in [0.2, 0.25) is 5.91 Å². The molecule has 4 aromatic rings. The minimum atomic E-state index is -2.95. The molecule has 1 heterocycles. The maximum atomic E-state index is 13.4. The molecule has 4 rings (SSSR count). The second-order valence-corrected chi connectivity index (χ2v) is 7.16. The number of benzene rings is 3. The van der Waals surface area contributed by atoms with E-state index in [1.54, 1.807) is 6.07 Å². The number of halogens is 2. The molecule has 0 aliphatic carbocycles. The lowest BCUT2D eigenvalue weighted by Crippen LogP contribution is -2.27. The highest BCUT2D eigenvalue weighted by molar-refractivity contribution is 5.98. The smallest absolute Gasteiger partial charge is 0.338 e. The molecule has 1 aromatic heterocycles. The number of aryl methyl sites for hydroxylation is 2. The lowest BCUT2D eigenvalue weighted by atomic mass is 9.97. The molecule has 3 aromatic carbocycles. The Bertz CT molecular complexity index is 1810. The highest BCUT2D eigenvalue weighted by Gasteiger charge is 2.19. The fourth-order valence-corrected chi connectivity index (χ4v) is 3.17. The number of pyridine rings is 1. The Balaban J connectivity index is 0.00000400. The number of nitrogens with two attached hydrogens (primary N) is 1. The first-order chi connectivity index (χ1) is 21.1. The van der Waals surface area contributed by atoms with Crippen LogP contribution in [-0.4, -0.2) is 23.4 Å². The summed E-state index contributed by atoms with van der Waals surface area (Å²) < 4.78 is 100. The molecule has 0 spiro atoms. The van der Waals surface area contributed by atoms with E-state index in [4.69, 9.17) is 26.9 Å². The third-order valence-corrected chi connectivity index (χ3v) is 4.87. The van der Waals surface area contributed by atoms with Gasteiger partial charge in [-0.3, -0.25) is 9.78 Å². The lowest BCUT2D eigenvalue weighted by molar-refractivity contribution is -0.117. The van der Waals surface area contributed by atoms with E-state index < -0.39 is 55.7 Å². The van der Waals surface area contributed by atoms with Crippen molar-refractivity contribution in [3.63, 3.8) is 0 Å². The number of hydrogen-bond donors (Lipinski definition) is 2. The molecule has 0 aliphatic heterocycles. The quantitative estimate of drug-likeness (QED) is 0.293. The third-order valence-electron chi connectivity index (χ3n) is 4.87. The summed E-state index contributed by atoms with van der Waals surface area (Å²) in [5.74, 6) is -5.31. The van der Waals surface area contributed by atoms with Crippen LogP contribution < -0.4 is 11.1 Å². The molecule has 8 heteroatoms. The molecule has 0 unspecified atom stereocenters. The Morgan fingerprint density at radius 3 is 2.61 bits per heavy atom. The van der Waals surface area contributed by atoms with Crippen LogP contribution in [0.2, 0.25) is 0 Å². The van der Waals surface area contributed by atoms with Crippen LogP contribution in [0.3, 0.4) is 0 Å². The van der Waals surface area contributed by atoms with Gasteiger partial charge in [0.15, 0.2) is 0 Å². The van der Waals surface area contributed by atoms with Gasteiger partial charge in [0, 0.05) is 42.3 Å². The summed E-state index contributed by atoms with van der Waals surface area (Å²) in [6.07, 6.45) is 1.42. The Kier molecular flexibility index (Phi) is 5.65. The lowest BCUT2D eigenvalue weighted by Gasteiger charge is -2.16. The molecule has 0 bridgehead atoms. The van der Waals surface area contributed by atoms with Crippen molar-refractivity contribution in [1.29, 1.82) is 0 Å². The molecule has 6 nitrogen and oxygen atoms in total. The Hall–Kier alpha value is -3.45. The van der Waals surface area contributed by atoms with Gasteiger partial charge in [-0.1, -0.05) is 48.0 Å². The van der Waals surface area contributed by atoms with E-state index >= 15 is 0 Å². The van der Waals surface area contributed by atoms with Crippen LogP contribution in [0.15, 0.2) is 79.1 Å². The molecule has 0 saturated heterocycles. The first-order valence-corrected chi connectivity index (χ1v) is 10.0. The summed E-state index contributed by atoms with van der Waals surface area (Å²) >= 11 is 0. The van der Waals surface area contributed by atoms with Crippen molar-refractivity contribution in [3.05, 3.63) is 107 Å². The number of fused-ring (bicyclic) bond motifs is 1. The van der Waals surface area contributed by atoms with Crippen LogP contribution in [0, 0.1) is 13.7 Å². The van der Waals surface area contributed by atoms with Crippen LogP contribution in [-0.2, 0) is 16.1 Å². The van der Waals surface area contributed by atoms with E-state index in [-0.39, 0.29) is 53.4 Å². The van der Waals surface area contributed by atoms with Crippen molar-refractivity contribution in [2.75, 3.05) is 11.8 Å². The number of carbonyl (C=O) groups is 2. The van der Waals surface area contributed by atoms with Crippen molar-refractivity contribution in [1.82, 2.24) is 4.98 Å². The Labute approximate surface area is 239 Å². The molecule has 0 aliphatic rings. The number of rotatable bonds is 7. The average Bonchev–Trinajstić information content (AvgIpc) is 2.94. The number of nitrogens with one attached hydrogen (secondary N) is 1. The van der Waals surface area contributed by atoms with Gasteiger partial charge < -0.3 is 15.8 Å². The van der Waals surface area contributed by atoms with Crippen molar-refractivity contribution < 1.29 is 30.8 Å². The van der Waals surface area contributed by atoms with E-state index in [0.29, 0.717) is 10.8 Å². The van der Waals surface area contributed by atoms with Crippen LogP contribution in [0.5, 0.6) is 0 Å². The summed E-state index contributed by atoms with van der Waals surface area (Å²) in [7, 11) is 0. The number of anilines is 1. The van der Waals surface area contributed by atoms with Crippen LogP contribution in [0.25, 0.3) is 10.8 Å². The predicted molar refractivity (Wildman–Crippen MR) is 148 cm³/mol. The highest BCUT2D eigenvalue weighted by Crippen LogP contribution is 2.22. The molecule has 0 radical (unpaired) electrons. The molecule has 3 N–H and O–H groups in total. The molecular weight excluding hydrogens is 497 g/mol. The molecular formula is C28H29Cl2N3O3. The largest absolute Gasteiger partial charge is 0.457 e. The van der Waals surface area contributed by atoms with Crippen LogP contribution in [0.4, 0.5) is 5.69 Å². The van der Waals surface area contributed by atoms with Crippen molar-refractivity contribution in [2.24, 2.45) is 5.73 Å². The minimum Gasteiger partial charge on any atom is -0.457 e. The summed E-state index contributed by atoms with van der Waals surface area (Å²) in [6, 6.07) is 13.1. The van der Waals surface area contributed by atoms with Gasteiger partial charge in [-0.05, 0) is 60.0 Å². The second kappa shape index (κ2) is 13.0. The number of amides is 1. The molecule has 36 heavy (non-hydrogen) atoms. The molecule has 0 fully saturated rings. The zero-order valence-electron chi connectivity index (χ0n) is 30.5. The van der Waals surface area contributed by atoms with Crippen LogP contribution >= 0.6 is 24.8 Å². The van der Waals surface area contributed by atoms with Crippen LogP contribution in [0.1, 0.15) is 55.0 Å². The molecule has 0 saturated carbocycles. The van der Waals surface area contributed by atoms with Gasteiger partial charge in [0.1, 0.15) is 6.56 Å². The topological polar surface area (TPSA) is 94.3 Å². The number of carbonyl (C=O) groups excluding carboxylic acids is 2. The summed E-state index contributed by atoms with van der Waals surface area (Å²) in [4.78, 5) is 30.2. The fraction of sp³-hybridized carbons (Fsp3) is 0.179. The Morgan fingerprint density at radius 1 is 1.08 bits per heavy atom. The second-order valence-electron chi connectivity index (χ2n) is 7.16. The van der Waals surface area contributed by atoms with Gasteiger partial charge in [0.25, 0.3) is 0 Å². The van der Waals surface area contributed by atoms with E-state index in [2.05, 4.69) is 10.3 Å². The van der Waals surface area contributed by atoms with E-state index in [0.717, 1.165) is 42.5 Å². The summed E-state index contributed by atoms with van der Waals surface area (Å²) in [5.41, 5.74) is 3.73. The maximum absolute atomic E-state index is 13.4. The normalized spacial score (nSPS) is 18.4. The molecule has 188 valence electrons. The fourth-order valence-electron chi connectivity index (χ4n) is 3.17. The molecule has 1 amide bonds. The summed E-state index contributed by atoms with van der Waals surface area (Å²) in [5, 5.41) is 3.53. The SMILES string of the molecule is Cl.Cl.[2H]c1nccc2cc(NC(=O)[C@@]([2H])(c3ccc(C([2H])([2H])OC(=O)c4ccc(C([2H])([2H])[2H])cc4C([2H])([2H])[2H])cc3)C([2H])([2H])N)ccc12. The van der Waals surface area contributed by atoms with Gasteiger partial charge in [-0.15, -0.1) is 24.8 Å². The first kappa shape index (κ1) is 15.6. The van der Waals surface area contributed by atoms with E-state index in [1.807, 2.05) is 0 Å². The Morgan fingerprint density at radius 2 is 1.89 bits per heavy atom. The zero-order chi connectivity index (χ0) is 34.5. The predicted octanol–water partition coefficient (Wildman–Crippen LogP) is 5.73. The minimum absolute atomic E-state index is 0. The van der Waals surface area contributed by atoms with Crippen molar-refractivity contribution >= 4 is 53.2 Å².